The molecule has 0 spiro atoms. The lowest BCUT2D eigenvalue weighted by Crippen LogP contribution is -2.31. The zero-order valence-corrected chi connectivity index (χ0v) is 17.9. The van der Waals surface area contributed by atoms with Crippen LogP contribution in [-0.2, 0) is 4.74 Å². The first kappa shape index (κ1) is 21.0. The first-order chi connectivity index (χ1) is 13.9. The first-order valence-corrected chi connectivity index (χ1v) is 10.2. The fourth-order valence-corrected chi connectivity index (χ4v) is 3.32. The topological polar surface area (TPSA) is 72.9 Å². The number of carbonyl (C=O) groups excluding carboxylic acids is 3. The van der Waals surface area contributed by atoms with E-state index < -0.39 is 5.97 Å². The molecule has 152 valence electrons. The molecule has 0 atom stereocenters. The number of halogens is 1. The molecule has 1 aliphatic heterocycles. The van der Waals surface area contributed by atoms with Crippen LogP contribution in [0.4, 0.5) is 0 Å². The molecule has 0 fully saturated rings. The highest BCUT2D eigenvalue weighted by Gasteiger charge is 2.35. The van der Waals surface area contributed by atoms with Crippen LogP contribution in [0.15, 0.2) is 46.9 Å². The molecule has 0 saturated heterocycles. The van der Waals surface area contributed by atoms with Crippen molar-refractivity contribution in [3.63, 3.8) is 0 Å². The third-order valence-electron chi connectivity index (χ3n) is 4.52. The summed E-state index contributed by atoms with van der Waals surface area (Å²) in [6, 6.07) is 11.8. The summed E-state index contributed by atoms with van der Waals surface area (Å²) in [6.07, 6.45) is 0.734. The first-order valence-electron chi connectivity index (χ1n) is 9.42. The normalized spacial score (nSPS) is 13.0. The second kappa shape index (κ2) is 9.22. The molecule has 3 rings (SSSR count). The van der Waals surface area contributed by atoms with Crippen molar-refractivity contribution in [1.82, 2.24) is 4.90 Å². The number of benzene rings is 2. The summed E-state index contributed by atoms with van der Waals surface area (Å²) in [6.45, 7) is 4.71. The van der Waals surface area contributed by atoms with Crippen molar-refractivity contribution in [2.45, 2.75) is 20.3 Å². The molecule has 0 N–H and O–H groups in total. The molecule has 6 nitrogen and oxygen atoms in total. The fraction of sp³-hybridized carbons (Fsp3) is 0.318. The molecule has 1 heterocycles. The number of ether oxygens (including phenoxy) is 2. The number of hydrogen-bond acceptors (Lipinski definition) is 5. The predicted octanol–water partition coefficient (Wildman–Crippen LogP) is 4.33. The van der Waals surface area contributed by atoms with Crippen LogP contribution in [0.3, 0.4) is 0 Å². The van der Waals surface area contributed by atoms with Crippen LogP contribution in [0.2, 0.25) is 0 Å². The van der Waals surface area contributed by atoms with Gasteiger partial charge in [0, 0.05) is 11.0 Å². The van der Waals surface area contributed by atoms with Gasteiger partial charge in [0.1, 0.15) is 19.0 Å². The minimum atomic E-state index is -0.563. The van der Waals surface area contributed by atoms with E-state index in [1.54, 1.807) is 6.07 Å². The molecule has 0 radical (unpaired) electrons. The van der Waals surface area contributed by atoms with Gasteiger partial charge in [-0.15, -0.1) is 0 Å². The highest BCUT2D eigenvalue weighted by molar-refractivity contribution is 9.10. The SMILES string of the molecule is CC(C)CCN1C(=O)c2ccc(C(=O)OCCOc3cccc(Br)c3)cc2C1=O. The molecule has 7 heteroatoms. The molecule has 2 amide bonds. The van der Waals surface area contributed by atoms with Crippen LogP contribution in [0.5, 0.6) is 5.75 Å². The van der Waals surface area contributed by atoms with Crippen molar-refractivity contribution in [3.05, 3.63) is 63.6 Å². The molecule has 2 aromatic carbocycles. The number of fused-ring (bicyclic) bond motifs is 1. The second-order valence-corrected chi connectivity index (χ2v) is 8.06. The van der Waals surface area contributed by atoms with Gasteiger partial charge in [-0.25, -0.2) is 4.79 Å². The Morgan fingerprint density at radius 1 is 1.03 bits per heavy atom. The van der Waals surface area contributed by atoms with E-state index in [2.05, 4.69) is 15.9 Å². The van der Waals surface area contributed by atoms with Crippen molar-refractivity contribution in [2.75, 3.05) is 19.8 Å². The second-order valence-electron chi connectivity index (χ2n) is 7.15. The molecule has 0 aliphatic carbocycles. The Morgan fingerprint density at radius 2 is 1.79 bits per heavy atom. The summed E-state index contributed by atoms with van der Waals surface area (Å²) < 4.78 is 11.6. The summed E-state index contributed by atoms with van der Waals surface area (Å²) in [7, 11) is 0. The minimum Gasteiger partial charge on any atom is -0.490 e. The van der Waals surface area contributed by atoms with E-state index in [1.807, 2.05) is 32.0 Å². The van der Waals surface area contributed by atoms with Gasteiger partial charge in [0.15, 0.2) is 0 Å². The summed E-state index contributed by atoms with van der Waals surface area (Å²) in [5.74, 6) is -0.194. The monoisotopic (exact) mass is 459 g/mol. The number of carbonyl (C=O) groups is 3. The molecule has 0 saturated carbocycles. The number of amides is 2. The molecule has 0 aromatic heterocycles. The zero-order chi connectivity index (χ0) is 21.0. The number of esters is 1. The molecule has 2 aromatic rings. The van der Waals surface area contributed by atoms with Gasteiger partial charge in [0.2, 0.25) is 0 Å². The number of rotatable bonds is 8. The van der Waals surface area contributed by atoms with Crippen LogP contribution in [0, 0.1) is 5.92 Å². The average molecular weight is 460 g/mol. The lowest BCUT2D eigenvalue weighted by atomic mass is 10.1. The molecule has 0 bridgehead atoms. The maximum absolute atomic E-state index is 12.6. The maximum atomic E-state index is 12.6. The van der Waals surface area contributed by atoms with Crippen LogP contribution in [0.25, 0.3) is 0 Å². The van der Waals surface area contributed by atoms with Crippen molar-refractivity contribution < 1.29 is 23.9 Å². The Hall–Kier alpha value is -2.67. The van der Waals surface area contributed by atoms with E-state index in [0.717, 1.165) is 10.9 Å². The van der Waals surface area contributed by atoms with Gasteiger partial charge in [0.25, 0.3) is 11.8 Å². The molecular weight excluding hydrogens is 438 g/mol. The molecular formula is C22H22BrNO5. The summed E-state index contributed by atoms with van der Waals surface area (Å²) in [5.41, 5.74) is 0.810. The van der Waals surface area contributed by atoms with E-state index in [-0.39, 0.29) is 36.2 Å². The molecule has 1 aliphatic rings. The maximum Gasteiger partial charge on any atom is 0.338 e. The Balaban J connectivity index is 1.58. The van der Waals surface area contributed by atoms with Gasteiger partial charge >= 0.3 is 5.97 Å². The number of imide groups is 1. The van der Waals surface area contributed by atoms with Crippen molar-refractivity contribution in [2.24, 2.45) is 5.92 Å². The molecule has 0 unspecified atom stereocenters. The highest BCUT2D eigenvalue weighted by atomic mass is 79.9. The summed E-state index contributed by atoms with van der Waals surface area (Å²) in [4.78, 5) is 38.5. The van der Waals surface area contributed by atoms with Gasteiger partial charge in [-0.1, -0.05) is 35.8 Å². The summed E-state index contributed by atoms with van der Waals surface area (Å²) in [5, 5.41) is 0. The van der Waals surface area contributed by atoms with Crippen molar-refractivity contribution in [3.8, 4) is 5.75 Å². The Labute approximate surface area is 177 Å². The Morgan fingerprint density at radius 3 is 2.52 bits per heavy atom. The predicted molar refractivity (Wildman–Crippen MR) is 111 cm³/mol. The molecule has 29 heavy (non-hydrogen) atoms. The van der Waals surface area contributed by atoms with Crippen molar-refractivity contribution >= 4 is 33.7 Å². The van der Waals surface area contributed by atoms with E-state index in [4.69, 9.17) is 9.47 Å². The lowest BCUT2D eigenvalue weighted by Gasteiger charge is -2.14. The standard InChI is InChI=1S/C22H22BrNO5/c1-14(2)8-9-24-20(25)18-7-6-15(12-19(18)21(24)26)22(27)29-11-10-28-17-5-3-4-16(23)13-17/h3-7,12-14H,8-11H2,1-2H3. The quantitative estimate of drug-likeness (QED) is 0.333. The smallest absolute Gasteiger partial charge is 0.338 e. The largest absolute Gasteiger partial charge is 0.490 e. The number of hydrogen-bond donors (Lipinski definition) is 0. The third kappa shape index (κ3) is 5.03. The van der Waals surface area contributed by atoms with Crippen LogP contribution in [-0.4, -0.2) is 42.4 Å². The lowest BCUT2D eigenvalue weighted by molar-refractivity contribution is 0.0450. The fourth-order valence-electron chi connectivity index (χ4n) is 2.94. The Bertz CT molecular complexity index is 941. The van der Waals surface area contributed by atoms with Gasteiger partial charge in [0.05, 0.1) is 16.7 Å². The Kier molecular flexibility index (Phi) is 6.69. The van der Waals surface area contributed by atoms with E-state index in [1.165, 1.54) is 23.1 Å². The zero-order valence-electron chi connectivity index (χ0n) is 16.3. The minimum absolute atomic E-state index is 0.0653. The van der Waals surface area contributed by atoms with Gasteiger partial charge in [-0.2, -0.15) is 0 Å². The van der Waals surface area contributed by atoms with E-state index in [0.29, 0.717) is 23.8 Å². The van der Waals surface area contributed by atoms with Crippen LogP contribution in [0.1, 0.15) is 51.3 Å². The van der Waals surface area contributed by atoms with Crippen LogP contribution >= 0.6 is 15.9 Å². The van der Waals surface area contributed by atoms with E-state index in [9.17, 15) is 14.4 Å². The third-order valence-corrected chi connectivity index (χ3v) is 5.01. The highest BCUT2D eigenvalue weighted by Crippen LogP contribution is 2.25. The average Bonchev–Trinajstić information content (AvgIpc) is 2.93. The van der Waals surface area contributed by atoms with Gasteiger partial charge in [-0.05, 0) is 48.7 Å². The van der Waals surface area contributed by atoms with Gasteiger partial charge in [-0.3, -0.25) is 14.5 Å². The van der Waals surface area contributed by atoms with Crippen molar-refractivity contribution in [1.29, 1.82) is 0 Å². The van der Waals surface area contributed by atoms with Crippen LogP contribution < -0.4 is 4.74 Å². The summed E-state index contributed by atoms with van der Waals surface area (Å²) >= 11 is 3.36. The van der Waals surface area contributed by atoms with Gasteiger partial charge < -0.3 is 9.47 Å². The van der Waals surface area contributed by atoms with E-state index >= 15 is 0 Å². The number of nitrogens with zero attached hydrogens (tertiary/aromatic N) is 1.